The Morgan fingerprint density at radius 3 is 2.74 bits per heavy atom. The van der Waals surface area contributed by atoms with Gasteiger partial charge in [0, 0.05) is 38.6 Å². The van der Waals surface area contributed by atoms with Gasteiger partial charge in [0.1, 0.15) is 5.82 Å². The van der Waals surface area contributed by atoms with E-state index >= 15 is 0 Å². The van der Waals surface area contributed by atoms with Crippen molar-refractivity contribution in [2.75, 3.05) is 37.4 Å². The van der Waals surface area contributed by atoms with Crippen molar-refractivity contribution in [1.82, 2.24) is 9.97 Å². The summed E-state index contributed by atoms with van der Waals surface area (Å²) in [5, 5.41) is 6.58. The first-order valence-corrected chi connectivity index (χ1v) is 7.08. The van der Waals surface area contributed by atoms with Crippen molar-refractivity contribution in [3.05, 3.63) is 11.8 Å². The summed E-state index contributed by atoms with van der Waals surface area (Å²) >= 11 is 0. The van der Waals surface area contributed by atoms with Gasteiger partial charge in [-0.05, 0) is 32.6 Å². The van der Waals surface area contributed by atoms with Crippen LogP contribution in [-0.4, -0.2) is 36.8 Å². The molecule has 0 saturated carbocycles. The number of aromatic nitrogens is 2. The molecule has 5 heteroatoms. The molecule has 0 atom stereocenters. The van der Waals surface area contributed by atoms with E-state index in [1.807, 2.05) is 13.1 Å². The number of rotatable bonds is 10. The van der Waals surface area contributed by atoms with E-state index in [2.05, 4.69) is 27.5 Å². The molecule has 0 unspecified atom stereocenters. The molecule has 0 aliphatic rings. The molecule has 1 heterocycles. The number of nitrogens with one attached hydrogen (secondary N) is 2. The van der Waals surface area contributed by atoms with E-state index in [0.717, 1.165) is 50.3 Å². The molecule has 5 nitrogen and oxygen atoms in total. The third-order valence-corrected chi connectivity index (χ3v) is 2.82. The largest absolute Gasteiger partial charge is 0.385 e. The Morgan fingerprint density at radius 1 is 1.16 bits per heavy atom. The number of unbranched alkanes of at least 4 members (excludes halogenated alkanes) is 2. The maximum atomic E-state index is 5.03. The number of methoxy groups -OCH3 is 1. The van der Waals surface area contributed by atoms with Crippen LogP contribution in [0.3, 0.4) is 0 Å². The second-order valence-corrected chi connectivity index (χ2v) is 4.63. The van der Waals surface area contributed by atoms with Crippen molar-refractivity contribution in [1.29, 1.82) is 0 Å². The summed E-state index contributed by atoms with van der Waals surface area (Å²) in [6.07, 6.45) is 6.35. The van der Waals surface area contributed by atoms with Gasteiger partial charge in [0.25, 0.3) is 0 Å². The fraction of sp³-hybridized carbons (Fsp3) is 0.714. The normalized spacial score (nSPS) is 10.5. The zero-order valence-electron chi connectivity index (χ0n) is 12.3. The average Bonchev–Trinajstić information content (AvgIpc) is 2.43. The van der Waals surface area contributed by atoms with Crippen LogP contribution in [0.2, 0.25) is 0 Å². The van der Waals surface area contributed by atoms with Gasteiger partial charge in [-0.15, -0.1) is 0 Å². The summed E-state index contributed by atoms with van der Waals surface area (Å²) in [5.74, 6) is 1.63. The van der Waals surface area contributed by atoms with E-state index in [-0.39, 0.29) is 0 Å². The topological polar surface area (TPSA) is 59.1 Å². The molecule has 1 aromatic heterocycles. The third kappa shape index (κ3) is 6.38. The standard InChI is InChI=1S/C14H26N4O/c1-4-8-16-14-17-11-12(2)13(18-14)15-9-6-5-7-10-19-3/h11H,4-10H2,1-3H3,(H2,15,16,17,18). The first-order chi connectivity index (χ1) is 9.27. The first kappa shape index (κ1) is 15.7. The molecule has 0 radical (unpaired) electrons. The molecule has 0 bridgehead atoms. The van der Waals surface area contributed by atoms with E-state index in [4.69, 9.17) is 4.74 Å². The fourth-order valence-corrected chi connectivity index (χ4v) is 1.70. The van der Waals surface area contributed by atoms with Crippen LogP contribution in [0.1, 0.15) is 38.2 Å². The van der Waals surface area contributed by atoms with Gasteiger partial charge in [0.2, 0.25) is 5.95 Å². The second-order valence-electron chi connectivity index (χ2n) is 4.63. The molecule has 0 amide bonds. The van der Waals surface area contributed by atoms with Crippen molar-refractivity contribution >= 4 is 11.8 Å². The number of hydrogen-bond donors (Lipinski definition) is 2. The lowest BCUT2D eigenvalue weighted by atomic mass is 10.2. The maximum Gasteiger partial charge on any atom is 0.224 e. The van der Waals surface area contributed by atoms with Crippen LogP contribution >= 0.6 is 0 Å². The highest BCUT2D eigenvalue weighted by Crippen LogP contribution is 2.12. The van der Waals surface area contributed by atoms with Crippen LogP contribution in [0.25, 0.3) is 0 Å². The molecule has 19 heavy (non-hydrogen) atoms. The number of ether oxygens (including phenoxy) is 1. The number of hydrogen-bond acceptors (Lipinski definition) is 5. The summed E-state index contributed by atoms with van der Waals surface area (Å²) in [4.78, 5) is 8.75. The highest BCUT2D eigenvalue weighted by Gasteiger charge is 2.02. The molecule has 108 valence electrons. The van der Waals surface area contributed by atoms with Crippen molar-refractivity contribution in [2.24, 2.45) is 0 Å². The summed E-state index contributed by atoms with van der Waals surface area (Å²) in [6.45, 7) is 6.84. The van der Waals surface area contributed by atoms with Crippen LogP contribution < -0.4 is 10.6 Å². The van der Waals surface area contributed by atoms with Crippen LogP contribution in [0.4, 0.5) is 11.8 Å². The Balaban J connectivity index is 2.34. The van der Waals surface area contributed by atoms with Crippen molar-refractivity contribution in [3.8, 4) is 0 Å². The van der Waals surface area contributed by atoms with E-state index < -0.39 is 0 Å². The quantitative estimate of drug-likeness (QED) is 0.638. The monoisotopic (exact) mass is 266 g/mol. The number of aryl methyl sites for hydroxylation is 1. The molecular weight excluding hydrogens is 240 g/mol. The zero-order chi connectivity index (χ0) is 13.9. The van der Waals surface area contributed by atoms with Crippen LogP contribution in [0.15, 0.2) is 6.20 Å². The summed E-state index contributed by atoms with van der Waals surface area (Å²) in [5.41, 5.74) is 1.08. The van der Waals surface area contributed by atoms with E-state index in [1.165, 1.54) is 6.42 Å². The molecule has 0 aliphatic heterocycles. The maximum absolute atomic E-state index is 5.03. The Labute approximate surface area is 116 Å². The Morgan fingerprint density at radius 2 is 2.00 bits per heavy atom. The van der Waals surface area contributed by atoms with Gasteiger partial charge < -0.3 is 15.4 Å². The number of nitrogens with zero attached hydrogens (tertiary/aromatic N) is 2. The fourth-order valence-electron chi connectivity index (χ4n) is 1.70. The van der Waals surface area contributed by atoms with Crippen LogP contribution in [0.5, 0.6) is 0 Å². The third-order valence-electron chi connectivity index (χ3n) is 2.82. The molecule has 0 aliphatic carbocycles. The number of anilines is 2. The highest BCUT2D eigenvalue weighted by atomic mass is 16.5. The van der Waals surface area contributed by atoms with E-state index in [0.29, 0.717) is 5.95 Å². The Bertz CT molecular complexity index is 357. The minimum atomic E-state index is 0.703. The summed E-state index contributed by atoms with van der Waals surface area (Å²) in [6, 6.07) is 0. The Kier molecular flexibility index (Phi) is 7.89. The molecule has 0 saturated heterocycles. The van der Waals surface area contributed by atoms with E-state index in [1.54, 1.807) is 7.11 Å². The first-order valence-electron chi connectivity index (χ1n) is 7.08. The van der Waals surface area contributed by atoms with Gasteiger partial charge in [-0.25, -0.2) is 4.98 Å². The average molecular weight is 266 g/mol. The molecule has 2 N–H and O–H groups in total. The lowest BCUT2D eigenvalue weighted by molar-refractivity contribution is 0.192. The molecule has 0 spiro atoms. The summed E-state index contributed by atoms with van der Waals surface area (Å²) in [7, 11) is 1.74. The van der Waals surface area contributed by atoms with Gasteiger partial charge in [0.15, 0.2) is 0 Å². The lowest BCUT2D eigenvalue weighted by Gasteiger charge is -2.10. The second kappa shape index (κ2) is 9.55. The van der Waals surface area contributed by atoms with E-state index in [9.17, 15) is 0 Å². The van der Waals surface area contributed by atoms with Crippen LogP contribution in [0, 0.1) is 6.92 Å². The van der Waals surface area contributed by atoms with Gasteiger partial charge in [-0.1, -0.05) is 6.92 Å². The molecule has 0 aromatic carbocycles. The predicted molar refractivity (Wildman–Crippen MR) is 79.8 cm³/mol. The van der Waals surface area contributed by atoms with Gasteiger partial charge in [0.05, 0.1) is 0 Å². The Hall–Kier alpha value is -1.36. The zero-order valence-corrected chi connectivity index (χ0v) is 12.3. The van der Waals surface area contributed by atoms with Crippen molar-refractivity contribution in [3.63, 3.8) is 0 Å². The lowest BCUT2D eigenvalue weighted by Crippen LogP contribution is -2.09. The molecular formula is C14H26N4O. The highest BCUT2D eigenvalue weighted by molar-refractivity contribution is 5.46. The molecule has 0 fully saturated rings. The van der Waals surface area contributed by atoms with Crippen LogP contribution in [-0.2, 0) is 4.74 Å². The smallest absolute Gasteiger partial charge is 0.224 e. The summed E-state index contributed by atoms with van der Waals surface area (Å²) < 4.78 is 5.03. The van der Waals surface area contributed by atoms with Crippen molar-refractivity contribution < 1.29 is 4.74 Å². The SMILES string of the molecule is CCCNc1ncc(C)c(NCCCCCOC)n1. The van der Waals surface area contributed by atoms with Gasteiger partial charge >= 0.3 is 0 Å². The van der Waals surface area contributed by atoms with Gasteiger partial charge in [-0.2, -0.15) is 4.98 Å². The minimum absolute atomic E-state index is 0.703. The van der Waals surface area contributed by atoms with Gasteiger partial charge in [-0.3, -0.25) is 0 Å². The molecule has 1 aromatic rings. The van der Waals surface area contributed by atoms with Crippen molar-refractivity contribution in [2.45, 2.75) is 39.5 Å². The predicted octanol–water partition coefficient (Wildman–Crippen LogP) is 2.84. The minimum Gasteiger partial charge on any atom is -0.385 e. The molecule has 1 rings (SSSR count).